The maximum atomic E-state index is 14.3. The van der Waals surface area contributed by atoms with Gasteiger partial charge in [-0.05, 0) is 75.4 Å². The molecule has 0 aliphatic heterocycles. The normalized spacial score (nSPS) is 12.0. The highest BCUT2D eigenvalue weighted by Gasteiger charge is 2.22. The van der Waals surface area contributed by atoms with Crippen LogP contribution in [0.5, 0.6) is 0 Å². The van der Waals surface area contributed by atoms with Crippen LogP contribution in [0.3, 0.4) is 0 Å². The Balaban J connectivity index is 0.000000908. The van der Waals surface area contributed by atoms with Crippen molar-refractivity contribution in [1.29, 1.82) is 0 Å². The monoisotopic (exact) mass is 662 g/mol. The van der Waals surface area contributed by atoms with Gasteiger partial charge in [0.25, 0.3) is 0 Å². The van der Waals surface area contributed by atoms with E-state index in [-0.39, 0.29) is 41.2 Å². The second kappa shape index (κ2) is 20.6. The van der Waals surface area contributed by atoms with Gasteiger partial charge in [0.05, 0.1) is 31.3 Å². The quantitative estimate of drug-likeness (QED) is 0.162. The molecule has 1 unspecified atom stereocenters. The smallest absolute Gasteiger partial charge is 0.330 e. The van der Waals surface area contributed by atoms with Crippen molar-refractivity contribution in [2.24, 2.45) is 11.8 Å². The van der Waals surface area contributed by atoms with Crippen LogP contribution in [0.1, 0.15) is 51.2 Å². The Kier molecular flexibility index (Phi) is 18.2. The van der Waals surface area contributed by atoms with Gasteiger partial charge < -0.3 is 29.9 Å². The van der Waals surface area contributed by atoms with Crippen molar-refractivity contribution in [3.05, 3.63) is 70.5 Å². The number of benzene rings is 2. The van der Waals surface area contributed by atoms with Crippen LogP contribution in [-0.2, 0) is 25.5 Å². The molecule has 1 amide bonds. The zero-order valence-electron chi connectivity index (χ0n) is 28.8. The standard InChI is InChI=1S/C28H39ClFN3O3.C7H13NO2/c1-18(2)15-33(16-19(3)4)26-10-8-20(22(13-28(35)36)17-32(5)6)11-25(26)31-27(34)12-21-7-9-23(29)14-24(21)30;1-8(2)6-4-5-7(9)10-3/h7-11,14,18-19,22H,12-13,15-17H2,1-6H3,(H,31,34)(H,35,36);4-5H,6H2,1-3H3/b;5-4+. The summed E-state index contributed by atoms with van der Waals surface area (Å²) in [6, 6.07) is 10.1. The van der Waals surface area contributed by atoms with Gasteiger partial charge in [0.15, 0.2) is 0 Å². The number of ether oxygens (including phenoxy) is 1. The number of nitrogens with one attached hydrogen (secondary N) is 1. The molecule has 2 aromatic rings. The summed E-state index contributed by atoms with van der Waals surface area (Å²) in [6.45, 7) is 11.5. The van der Waals surface area contributed by atoms with Crippen molar-refractivity contribution in [2.45, 2.75) is 46.5 Å². The fraction of sp³-hybridized carbons (Fsp3) is 0.514. The lowest BCUT2D eigenvalue weighted by atomic mass is 9.94. The minimum Gasteiger partial charge on any atom is -0.481 e. The Morgan fingerprint density at radius 3 is 2.09 bits per heavy atom. The zero-order valence-corrected chi connectivity index (χ0v) is 29.5. The lowest BCUT2D eigenvalue weighted by molar-refractivity contribution is -0.137. The highest BCUT2D eigenvalue weighted by atomic mass is 35.5. The minimum atomic E-state index is -0.879. The third kappa shape index (κ3) is 16.2. The van der Waals surface area contributed by atoms with Crippen molar-refractivity contribution >= 4 is 40.8 Å². The molecule has 0 fully saturated rings. The molecule has 11 heteroatoms. The third-order valence-corrected chi connectivity index (χ3v) is 6.81. The van der Waals surface area contributed by atoms with Crippen molar-refractivity contribution in [3.8, 4) is 0 Å². The topological polar surface area (TPSA) is 102 Å². The summed E-state index contributed by atoms with van der Waals surface area (Å²) in [5, 5.41) is 12.7. The lowest BCUT2D eigenvalue weighted by Crippen LogP contribution is -2.32. The molecule has 0 saturated heterocycles. The van der Waals surface area contributed by atoms with Crippen LogP contribution in [-0.4, -0.2) is 94.2 Å². The Morgan fingerprint density at radius 1 is 0.957 bits per heavy atom. The number of anilines is 2. The van der Waals surface area contributed by atoms with E-state index < -0.39 is 11.8 Å². The number of carboxylic acids is 1. The fourth-order valence-electron chi connectivity index (χ4n) is 4.74. The molecule has 0 aliphatic rings. The predicted octanol–water partition coefficient (Wildman–Crippen LogP) is 6.18. The van der Waals surface area contributed by atoms with Crippen LogP contribution in [0.15, 0.2) is 48.6 Å². The Hall–Kier alpha value is -3.47. The lowest BCUT2D eigenvalue weighted by Gasteiger charge is -2.31. The first kappa shape index (κ1) is 40.6. The van der Waals surface area contributed by atoms with E-state index in [1.165, 1.54) is 25.3 Å². The summed E-state index contributed by atoms with van der Waals surface area (Å²) >= 11 is 5.85. The van der Waals surface area contributed by atoms with Crippen LogP contribution in [0, 0.1) is 17.7 Å². The SMILES string of the molecule is CC(C)CN(CC(C)C)c1ccc(C(CC(=O)O)CN(C)C)cc1NC(=O)Cc1ccc(Cl)cc1F.COC(=O)/C=C/CN(C)C. The van der Waals surface area contributed by atoms with Gasteiger partial charge in [0.1, 0.15) is 5.82 Å². The molecule has 0 spiro atoms. The molecule has 0 aliphatic carbocycles. The van der Waals surface area contributed by atoms with Gasteiger partial charge in [0, 0.05) is 43.2 Å². The van der Waals surface area contributed by atoms with Crippen LogP contribution in [0.25, 0.3) is 0 Å². The van der Waals surface area contributed by atoms with Crippen molar-refractivity contribution in [3.63, 3.8) is 0 Å². The zero-order chi connectivity index (χ0) is 35.0. The van der Waals surface area contributed by atoms with Gasteiger partial charge in [-0.25, -0.2) is 9.18 Å². The Bertz CT molecular complexity index is 1290. The molecular weight excluding hydrogens is 611 g/mol. The van der Waals surface area contributed by atoms with E-state index in [4.69, 9.17) is 11.6 Å². The molecule has 0 saturated carbocycles. The number of aliphatic carboxylic acids is 1. The summed E-state index contributed by atoms with van der Waals surface area (Å²) in [4.78, 5) is 41.2. The van der Waals surface area contributed by atoms with Crippen LogP contribution < -0.4 is 10.2 Å². The largest absolute Gasteiger partial charge is 0.481 e. The summed E-state index contributed by atoms with van der Waals surface area (Å²) in [6.07, 6.45) is 3.01. The maximum Gasteiger partial charge on any atom is 0.330 e. The maximum absolute atomic E-state index is 14.3. The van der Waals surface area contributed by atoms with E-state index in [9.17, 15) is 23.9 Å². The van der Waals surface area contributed by atoms with Crippen molar-refractivity contribution in [1.82, 2.24) is 9.80 Å². The fourth-order valence-corrected chi connectivity index (χ4v) is 4.89. The number of esters is 1. The van der Waals surface area contributed by atoms with Gasteiger partial charge in [-0.15, -0.1) is 0 Å². The first-order chi connectivity index (χ1) is 21.5. The molecule has 0 bridgehead atoms. The summed E-state index contributed by atoms with van der Waals surface area (Å²) in [7, 11) is 9.03. The van der Waals surface area contributed by atoms with E-state index in [1.807, 2.05) is 56.2 Å². The van der Waals surface area contributed by atoms with E-state index in [0.717, 1.165) is 30.9 Å². The van der Waals surface area contributed by atoms with Crippen LogP contribution in [0.4, 0.5) is 15.8 Å². The summed E-state index contributed by atoms with van der Waals surface area (Å²) < 4.78 is 18.7. The molecule has 0 heterocycles. The number of carboxylic acid groups (broad SMARTS) is 1. The second-order valence-electron chi connectivity index (χ2n) is 12.7. The highest BCUT2D eigenvalue weighted by molar-refractivity contribution is 6.30. The molecule has 256 valence electrons. The molecular formula is C35H52ClFN4O5. The molecule has 2 N–H and O–H groups in total. The molecule has 0 radical (unpaired) electrons. The molecule has 2 rings (SSSR count). The molecule has 0 aromatic heterocycles. The highest BCUT2D eigenvalue weighted by Crippen LogP contribution is 2.33. The Labute approximate surface area is 279 Å². The van der Waals surface area contributed by atoms with Crippen molar-refractivity contribution in [2.75, 3.05) is 71.7 Å². The van der Waals surface area contributed by atoms with Gasteiger partial charge in [-0.1, -0.05) is 57.5 Å². The average Bonchev–Trinajstić information content (AvgIpc) is 2.93. The first-order valence-electron chi connectivity index (χ1n) is 15.4. The number of carbonyl (C=O) groups excluding carboxylic acids is 2. The first-order valence-corrected chi connectivity index (χ1v) is 15.8. The second-order valence-corrected chi connectivity index (χ2v) is 13.1. The number of rotatable bonds is 16. The number of likely N-dealkylation sites (N-methyl/N-ethyl adjacent to an activating group) is 2. The van der Waals surface area contributed by atoms with Gasteiger partial charge >= 0.3 is 11.9 Å². The molecule has 9 nitrogen and oxygen atoms in total. The van der Waals surface area contributed by atoms with E-state index >= 15 is 0 Å². The van der Waals surface area contributed by atoms with E-state index in [0.29, 0.717) is 24.1 Å². The summed E-state index contributed by atoms with van der Waals surface area (Å²) in [5.41, 5.74) is 2.55. The van der Waals surface area contributed by atoms with E-state index in [2.05, 4.69) is 42.6 Å². The average molecular weight is 663 g/mol. The third-order valence-electron chi connectivity index (χ3n) is 6.58. The Morgan fingerprint density at radius 2 is 1.59 bits per heavy atom. The minimum absolute atomic E-state index is 0.0252. The predicted molar refractivity (Wildman–Crippen MR) is 185 cm³/mol. The number of halogens is 2. The van der Waals surface area contributed by atoms with Gasteiger partial charge in [-0.2, -0.15) is 0 Å². The van der Waals surface area contributed by atoms with Crippen molar-refractivity contribution < 1.29 is 28.6 Å². The summed E-state index contributed by atoms with van der Waals surface area (Å²) in [5.74, 6) is -1.53. The molecule has 1 atom stereocenters. The van der Waals surface area contributed by atoms with Crippen LogP contribution >= 0.6 is 11.6 Å². The van der Waals surface area contributed by atoms with E-state index in [1.54, 1.807) is 12.1 Å². The number of amides is 1. The van der Waals surface area contributed by atoms with Crippen LogP contribution in [0.2, 0.25) is 5.02 Å². The molecule has 46 heavy (non-hydrogen) atoms. The van der Waals surface area contributed by atoms with Gasteiger partial charge in [0.2, 0.25) is 5.91 Å². The number of methoxy groups -OCH3 is 1. The number of nitrogens with zero attached hydrogens (tertiary/aromatic N) is 3. The van der Waals surface area contributed by atoms with Gasteiger partial charge in [-0.3, -0.25) is 9.59 Å². The molecule has 2 aromatic carbocycles. The number of hydrogen-bond acceptors (Lipinski definition) is 7. The number of hydrogen-bond donors (Lipinski definition) is 2. The number of carbonyl (C=O) groups is 3.